The molecule has 3 heterocycles. The molecule has 0 aliphatic carbocycles. The minimum atomic E-state index is -1.23. The lowest BCUT2D eigenvalue weighted by Gasteiger charge is -2.29. The predicted molar refractivity (Wildman–Crippen MR) is 149 cm³/mol. The molecule has 5 aromatic rings. The maximum atomic E-state index is 13.8. The van der Waals surface area contributed by atoms with Gasteiger partial charge in [-0.2, -0.15) is 0 Å². The molecular weight excluding hydrogens is 530 g/mol. The number of nitrogens with zero attached hydrogens (tertiary/aromatic N) is 1. The maximum absolute atomic E-state index is 13.8. The summed E-state index contributed by atoms with van der Waals surface area (Å²) in [6.45, 7) is 1.35. The van der Waals surface area contributed by atoms with Gasteiger partial charge < -0.3 is 33.8 Å². The van der Waals surface area contributed by atoms with Crippen LogP contribution in [-0.4, -0.2) is 52.4 Å². The van der Waals surface area contributed by atoms with Crippen molar-refractivity contribution in [3.05, 3.63) is 98.5 Å². The van der Waals surface area contributed by atoms with Crippen LogP contribution >= 0.6 is 0 Å². The zero-order valence-electron chi connectivity index (χ0n) is 21.7. The SMILES string of the molecule is O=C(CC(c1coc2ccccc2c1=O)c1c(O)c(O)c(O)c2c(=O)cc(-c3ccccc3)oc12)N1CCOCC1. The Morgan fingerprint density at radius 1 is 0.902 bits per heavy atom. The number of carbonyl (C=O) groups excluding carboxylic acids is 1. The van der Waals surface area contributed by atoms with Crippen LogP contribution in [0.5, 0.6) is 17.2 Å². The van der Waals surface area contributed by atoms with Crippen molar-refractivity contribution in [3.63, 3.8) is 0 Å². The Hall–Kier alpha value is -5.09. The molecule has 0 saturated carbocycles. The summed E-state index contributed by atoms with van der Waals surface area (Å²) in [6.07, 6.45) is 0.867. The second kappa shape index (κ2) is 10.5. The Morgan fingerprint density at radius 2 is 1.61 bits per heavy atom. The summed E-state index contributed by atoms with van der Waals surface area (Å²) in [6, 6.07) is 16.4. The number of aromatic hydroxyl groups is 3. The van der Waals surface area contributed by atoms with Crippen molar-refractivity contribution in [1.29, 1.82) is 0 Å². The maximum Gasteiger partial charge on any atom is 0.223 e. The van der Waals surface area contributed by atoms with Crippen molar-refractivity contribution >= 4 is 27.8 Å². The highest BCUT2D eigenvalue weighted by molar-refractivity contribution is 5.94. The molecule has 0 bridgehead atoms. The largest absolute Gasteiger partial charge is 0.504 e. The number of hydrogen-bond acceptors (Lipinski definition) is 9. The average molecular weight is 556 g/mol. The summed E-state index contributed by atoms with van der Waals surface area (Å²) in [5.41, 5.74) is -0.766. The number of phenols is 3. The van der Waals surface area contributed by atoms with Crippen LogP contribution in [0.25, 0.3) is 33.3 Å². The van der Waals surface area contributed by atoms with Gasteiger partial charge in [0.15, 0.2) is 22.4 Å². The number of phenolic OH excluding ortho intramolecular Hbond substituents is 3. The van der Waals surface area contributed by atoms with E-state index in [1.165, 1.54) is 6.26 Å². The monoisotopic (exact) mass is 555 g/mol. The van der Waals surface area contributed by atoms with Gasteiger partial charge in [0.1, 0.15) is 22.3 Å². The molecule has 6 rings (SSSR count). The Morgan fingerprint density at radius 3 is 2.37 bits per heavy atom. The summed E-state index contributed by atoms with van der Waals surface area (Å²) in [5.74, 6) is -4.13. The quantitative estimate of drug-likeness (QED) is 0.273. The van der Waals surface area contributed by atoms with E-state index >= 15 is 0 Å². The smallest absolute Gasteiger partial charge is 0.223 e. The summed E-state index contributed by atoms with van der Waals surface area (Å²) in [7, 11) is 0. The highest BCUT2D eigenvalue weighted by atomic mass is 16.5. The van der Waals surface area contributed by atoms with Crippen LogP contribution in [0.15, 0.2) is 85.4 Å². The number of benzene rings is 3. The fourth-order valence-electron chi connectivity index (χ4n) is 5.26. The summed E-state index contributed by atoms with van der Waals surface area (Å²) in [5, 5.41) is 32.5. The van der Waals surface area contributed by atoms with Crippen molar-refractivity contribution in [3.8, 4) is 28.6 Å². The number of rotatable bonds is 5. The van der Waals surface area contributed by atoms with Crippen LogP contribution in [0.2, 0.25) is 0 Å². The van der Waals surface area contributed by atoms with Crippen molar-refractivity contribution in [1.82, 2.24) is 4.90 Å². The van der Waals surface area contributed by atoms with E-state index in [1.54, 1.807) is 59.5 Å². The van der Waals surface area contributed by atoms with Gasteiger partial charge in [0.25, 0.3) is 0 Å². The van der Waals surface area contributed by atoms with E-state index in [4.69, 9.17) is 13.6 Å². The molecule has 0 radical (unpaired) electrons. The molecule has 10 nitrogen and oxygen atoms in total. The first kappa shape index (κ1) is 26.1. The molecule has 1 unspecified atom stereocenters. The molecule has 10 heteroatoms. The van der Waals surface area contributed by atoms with Gasteiger partial charge in [0, 0.05) is 48.2 Å². The fraction of sp³-hybridized carbons (Fsp3) is 0.194. The number of morpholine rings is 1. The second-order valence-corrected chi connectivity index (χ2v) is 9.77. The second-order valence-electron chi connectivity index (χ2n) is 9.77. The van der Waals surface area contributed by atoms with E-state index in [0.717, 1.165) is 6.07 Å². The zero-order chi connectivity index (χ0) is 28.7. The van der Waals surface area contributed by atoms with Crippen LogP contribution in [-0.2, 0) is 9.53 Å². The van der Waals surface area contributed by atoms with E-state index in [9.17, 15) is 29.7 Å². The molecule has 1 aliphatic heterocycles. The molecule has 1 aliphatic rings. The fourth-order valence-corrected chi connectivity index (χ4v) is 5.26. The Balaban J connectivity index is 1.64. The normalized spacial score (nSPS) is 14.4. The van der Waals surface area contributed by atoms with E-state index < -0.39 is 39.4 Å². The zero-order valence-corrected chi connectivity index (χ0v) is 21.7. The number of amides is 1. The lowest BCUT2D eigenvalue weighted by atomic mass is 9.85. The van der Waals surface area contributed by atoms with Crippen LogP contribution in [0.3, 0.4) is 0 Å². The van der Waals surface area contributed by atoms with Gasteiger partial charge in [-0.05, 0) is 12.1 Å². The van der Waals surface area contributed by atoms with Crippen LogP contribution in [0, 0.1) is 0 Å². The summed E-state index contributed by atoms with van der Waals surface area (Å²) in [4.78, 5) is 42.2. The summed E-state index contributed by atoms with van der Waals surface area (Å²) >= 11 is 0. The lowest BCUT2D eigenvalue weighted by Crippen LogP contribution is -2.41. The van der Waals surface area contributed by atoms with Gasteiger partial charge in [-0.25, -0.2) is 0 Å². The van der Waals surface area contributed by atoms with E-state index in [0.29, 0.717) is 37.4 Å². The first-order valence-corrected chi connectivity index (χ1v) is 13.0. The molecule has 1 fully saturated rings. The van der Waals surface area contributed by atoms with E-state index in [1.807, 2.05) is 0 Å². The summed E-state index contributed by atoms with van der Waals surface area (Å²) < 4.78 is 17.2. The van der Waals surface area contributed by atoms with E-state index in [2.05, 4.69) is 0 Å². The molecule has 3 N–H and O–H groups in total. The molecule has 1 atom stereocenters. The Bertz CT molecular complexity index is 1900. The number of para-hydroxylation sites is 1. The highest BCUT2D eigenvalue weighted by Crippen LogP contribution is 2.49. The first-order chi connectivity index (χ1) is 19.8. The first-order valence-electron chi connectivity index (χ1n) is 13.0. The Kier molecular flexibility index (Phi) is 6.68. The van der Waals surface area contributed by atoms with Crippen LogP contribution < -0.4 is 10.9 Å². The minimum Gasteiger partial charge on any atom is -0.504 e. The third-order valence-electron chi connectivity index (χ3n) is 7.36. The molecule has 41 heavy (non-hydrogen) atoms. The molecular formula is C31H25NO9. The average Bonchev–Trinajstić information content (AvgIpc) is 3.00. The molecule has 1 amide bonds. The molecule has 1 saturated heterocycles. The lowest BCUT2D eigenvalue weighted by molar-refractivity contribution is -0.135. The van der Waals surface area contributed by atoms with Crippen molar-refractivity contribution in [2.45, 2.75) is 12.3 Å². The van der Waals surface area contributed by atoms with E-state index in [-0.39, 0.29) is 40.2 Å². The molecule has 208 valence electrons. The van der Waals surface area contributed by atoms with Gasteiger partial charge in [-0.1, -0.05) is 42.5 Å². The standard InChI is InChI=1S/C31H25NO9/c33-21-15-23(17-6-2-1-3-7-17)41-31-25(28(36)30(38)29(37)26(21)31)19(14-24(34)32-10-12-39-13-11-32)20-16-40-22-9-5-4-8-18(22)27(20)35/h1-9,15-16,19,36-38H,10-14H2. The Labute approximate surface area is 232 Å². The molecule has 2 aromatic heterocycles. The number of carbonyl (C=O) groups is 1. The third kappa shape index (κ3) is 4.57. The van der Waals surface area contributed by atoms with Gasteiger partial charge in [-0.3, -0.25) is 14.4 Å². The topological polar surface area (TPSA) is 151 Å². The molecule has 3 aromatic carbocycles. The van der Waals surface area contributed by atoms with Gasteiger partial charge in [0.05, 0.1) is 24.9 Å². The highest BCUT2D eigenvalue weighted by Gasteiger charge is 2.34. The van der Waals surface area contributed by atoms with Crippen LogP contribution in [0.4, 0.5) is 0 Å². The van der Waals surface area contributed by atoms with Gasteiger partial charge in [0.2, 0.25) is 11.7 Å². The van der Waals surface area contributed by atoms with Gasteiger partial charge in [-0.15, -0.1) is 0 Å². The molecule has 0 spiro atoms. The van der Waals surface area contributed by atoms with Gasteiger partial charge >= 0.3 is 0 Å². The third-order valence-corrected chi connectivity index (χ3v) is 7.36. The predicted octanol–water partition coefficient (Wildman–Crippen LogP) is 4.06. The van der Waals surface area contributed by atoms with Crippen molar-refractivity contribution in [2.75, 3.05) is 26.3 Å². The van der Waals surface area contributed by atoms with Crippen molar-refractivity contribution < 1.29 is 33.7 Å². The van der Waals surface area contributed by atoms with Crippen LogP contribution in [0.1, 0.15) is 23.5 Å². The van der Waals surface area contributed by atoms with Crippen molar-refractivity contribution in [2.24, 2.45) is 0 Å². The number of hydrogen-bond donors (Lipinski definition) is 3. The number of ether oxygens (including phenoxy) is 1. The minimum absolute atomic E-state index is 0.000220. The number of fused-ring (bicyclic) bond motifs is 2.